The molecule has 26 heavy (non-hydrogen) atoms. The molecular formula is C19H31N3O3S. The van der Waals surface area contributed by atoms with E-state index in [0.717, 1.165) is 18.4 Å². The van der Waals surface area contributed by atoms with Crippen molar-refractivity contribution in [2.45, 2.75) is 56.9 Å². The lowest BCUT2D eigenvalue weighted by atomic mass is 9.93. The molecule has 1 fully saturated rings. The van der Waals surface area contributed by atoms with Crippen LogP contribution >= 0.6 is 0 Å². The van der Waals surface area contributed by atoms with Gasteiger partial charge in [-0.05, 0) is 44.7 Å². The molecule has 0 unspecified atom stereocenters. The Kier molecular flexibility index (Phi) is 6.82. The van der Waals surface area contributed by atoms with Gasteiger partial charge in [0.25, 0.3) is 0 Å². The maximum absolute atomic E-state index is 12.7. The summed E-state index contributed by atoms with van der Waals surface area (Å²) in [5.74, 6) is -0.175. The van der Waals surface area contributed by atoms with E-state index in [1.807, 2.05) is 20.8 Å². The number of amides is 1. The predicted octanol–water partition coefficient (Wildman–Crippen LogP) is 2.03. The number of hydrogen-bond acceptors (Lipinski definition) is 4. The summed E-state index contributed by atoms with van der Waals surface area (Å²) in [5.41, 5.74) is 6.88. The molecule has 0 radical (unpaired) electrons. The van der Waals surface area contributed by atoms with Gasteiger partial charge in [-0.15, -0.1) is 0 Å². The highest BCUT2D eigenvalue weighted by molar-refractivity contribution is 7.89. The van der Waals surface area contributed by atoms with Gasteiger partial charge in [0.1, 0.15) is 0 Å². The van der Waals surface area contributed by atoms with Crippen molar-refractivity contribution in [1.82, 2.24) is 9.62 Å². The molecule has 0 spiro atoms. The number of nitrogens with zero attached hydrogens (tertiary/aromatic N) is 1. The zero-order chi connectivity index (χ0) is 19.4. The van der Waals surface area contributed by atoms with Crippen molar-refractivity contribution >= 4 is 15.9 Å². The Morgan fingerprint density at radius 2 is 1.73 bits per heavy atom. The van der Waals surface area contributed by atoms with Crippen LogP contribution in [0.1, 0.15) is 45.1 Å². The maximum Gasteiger partial charge on any atom is 0.243 e. The summed E-state index contributed by atoms with van der Waals surface area (Å²) >= 11 is 0. The summed E-state index contributed by atoms with van der Waals surface area (Å²) in [5, 5.41) is 2.95. The molecule has 3 N–H and O–H groups in total. The van der Waals surface area contributed by atoms with Crippen LogP contribution in [0.4, 0.5) is 0 Å². The third kappa shape index (κ3) is 4.84. The quantitative estimate of drug-likeness (QED) is 0.756. The van der Waals surface area contributed by atoms with Crippen molar-refractivity contribution in [2.24, 2.45) is 11.7 Å². The van der Waals surface area contributed by atoms with Gasteiger partial charge in [0.2, 0.25) is 15.9 Å². The monoisotopic (exact) mass is 381 g/mol. The number of hydrogen-bond donors (Lipinski definition) is 2. The Balaban J connectivity index is 1.92. The van der Waals surface area contributed by atoms with E-state index in [9.17, 15) is 13.2 Å². The summed E-state index contributed by atoms with van der Waals surface area (Å²) < 4.78 is 26.9. The Labute approximate surface area is 157 Å². The summed E-state index contributed by atoms with van der Waals surface area (Å²) in [4.78, 5) is 12.7. The number of aryl methyl sites for hydroxylation is 1. The second-order valence-electron chi connectivity index (χ2n) is 7.28. The minimum Gasteiger partial charge on any atom is -0.354 e. The first-order valence-corrected chi connectivity index (χ1v) is 10.8. The van der Waals surface area contributed by atoms with E-state index >= 15 is 0 Å². The van der Waals surface area contributed by atoms with Gasteiger partial charge in [0.15, 0.2) is 0 Å². The zero-order valence-corrected chi connectivity index (χ0v) is 16.8. The van der Waals surface area contributed by atoms with Gasteiger partial charge in [-0.25, -0.2) is 8.42 Å². The van der Waals surface area contributed by atoms with E-state index in [4.69, 9.17) is 5.73 Å². The van der Waals surface area contributed by atoms with Crippen LogP contribution in [0, 0.1) is 12.8 Å². The van der Waals surface area contributed by atoms with E-state index in [0.29, 0.717) is 37.4 Å². The number of carbonyl (C=O) groups excluding carboxylic acids is 1. The van der Waals surface area contributed by atoms with Gasteiger partial charge in [-0.3, -0.25) is 4.79 Å². The van der Waals surface area contributed by atoms with Crippen LogP contribution in [-0.4, -0.2) is 43.8 Å². The average Bonchev–Trinajstić information content (AvgIpc) is 2.66. The molecule has 7 heteroatoms. The Morgan fingerprint density at radius 3 is 2.23 bits per heavy atom. The molecule has 0 atom stereocenters. The SMILES string of the molecule is CCC(N)(CC)CNC(=O)C1CCN(S(=O)(=O)c2ccc(C)cc2)CC1. The van der Waals surface area contributed by atoms with Gasteiger partial charge in [-0.1, -0.05) is 31.5 Å². The van der Waals surface area contributed by atoms with Gasteiger partial charge < -0.3 is 11.1 Å². The molecular weight excluding hydrogens is 350 g/mol. The molecule has 1 heterocycles. The third-order valence-electron chi connectivity index (χ3n) is 5.51. The van der Waals surface area contributed by atoms with Crippen molar-refractivity contribution in [2.75, 3.05) is 19.6 Å². The van der Waals surface area contributed by atoms with Crippen LogP contribution in [-0.2, 0) is 14.8 Å². The number of nitrogens with two attached hydrogens (primary N) is 1. The fourth-order valence-corrected chi connectivity index (χ4v) is 4.59. The molecule has 1 aliphatic heterocycles. The molecule has 1 aromatic rings. The van der Waals surface area contributed by atoms with Gasteiger partial charge in [0, 0.05) is 31.1 Å². The molecule has 1 amide bonds. The summed E-state index contributed by atoms with van der Waals surface area (Å²) in [6.07, 6.45) is 2.67. The van der Waals surface area contributed by atoms with E-state index in [1.165, 1.54) is 4.31 Å². The van der Waals surface area contributed by atoms with E-state index in [1.54, 1.807) is 24.3 Å². The maximum atomic E-state index is 12.7. The molecule has 6 nitrogen and oxygen atoms in total. The van der Waals surface area contributed by atoms with E-state index < -0.39 is 10.0 Å². The van der Waals surface area contributed by atoms with Crippen molar-refractivity contribution in [1.29, 1.82) is 0 Å². The van der Waals surface area contributed by atoms with Crippen LogP contribution in [0.2, 0.25) is 0 Å². The number of sulfonamides is 1. The molecule has 146 valence electrons. The number of carbonyl (C=O) groups is 1. The normalized spacial score (nSPS) is 17.2. The van der Waals surface area contributed by atoms with Crippen molar-refractivity contribution in [3.05, 3.63) is 29.8 Å². The highest BCUT2D eigenvalue weighted by Gasteiger charge is 2.32. The fraction of sp³-hybridized carbons (Fsp3) is 0.632. The Morgan fingerprint density at radius 1 is 1.19 bits per heavy atom. The Hall–Kier alpha value is -1.44. The first-order chi connectivity index (χ1) is 12.2. The second-order valence-corrected chi connectivity index (χ2v) is 9.22. The molecule has 0 aromatic heterocycles. The standard InChI is InChI=1S/C19H31N3O3S/c1-4-19(20,5-2)14-21-18(23)16-10-12-22(13-11-16)26(24,25)17-8-6-15(3)7-9-17/h6-9,16H,4-5,10-14,20H2,1-3H3,(H,21,23). The largest absolute Gasteiger partial charge is 0.354 e. The van der Waals surface area contributed by atoms with Crippen LogP contribution in [0.25, 0.3) is 0 Å². The topological polar surface area (TPSA) is 92.5 Å². The van der Waals surface area contributed by atoms with Crippen LogP contribution in [0.5, 0.6) is 0 Å². The van der Waals surface area contributed by atoms with Gasteiger partial charge in [0.05, 0.1) is 4.90 Å². The van der Waals surface area contributed by atoms with E-state index in [-0.39, 0.29) is 17.4 Å². The number of nitrogens with one attached hydrogen (secondary N) is 1. The highest BCUT2D eigenvalue weighted by atomic mass is 32.2. The molecule has 1 aromatic carbocycles. The van der Waals surface area contributed by atoms with Crippen molar-refractivity contribution in [3.63, 3.8) is 0 Å². The highest BCUT2D eigenvalue weighted by Crippen LogP contribution is 2.24. The molecule has 1 saturated heterocycles. The molecule has 0 saturated carbocycles. The minimum absolute atomic E-state index is 0.0193. The zero-order valence-electron chi connectivity index (χ0n) is 16.0. The summed E-state index contributed by atoms with van der Waals surface area (Å²) in [6.45, 7) is 7.15. The van der Waals surface area contributed by atoms with Crippen LogP contribution < -0.4 is 11.1 Å². The predicted molar refractivity (Wildman–Crippen MR) is 103 cm³/mol. The van der Waals surface area contributed by atoms with Crippen molar-refractivity contribution in [3.8, 4) is 0 Å². The number of rotatable bonds is 7. The molecule has 0 aliphatic carbocycles. The molecule has 1 aliphatic rings. The average molecular weight is 382 g/mol. The third-order valence-corrected chi connectivity index (χ3v) is 7.42. The molecule has 0 bridgehead atoms. The van der Waals surface area contributed by atoms with Crippen LogP contribution in [0.3, 0.4) is 0 Å². The smallest absolute Gasteiger partial charge is 0.243 e. The second kappa shape index (κ2) is 8.50. The fourth-order valence-electron chi connectivity index (χ4n) is 3.13. The lowest BCUT2D eigenvalue weighted by Gasteiger charge is -2.32. The molecule has 2 rings (SSSR count). The summed E-state index contributed by atoms with van der Waals surface area (Å²) in [6, 6.07) is 6.88. The Bertz CT molecular complexity index is 704. The number of piperidine rings is 1. The van der Waals surface area contributed by atoms with Crippen molar-refractivity contribution < 1.29 is 13.2 Å². The van der Waals surface area contributed by atoms with Gasteiger partial charge in [-0.2, -0.15) is 4.31 Å². The number of benzene rings is 1. The lowest BCUT2D eigenvalue weighted by molar-refractivity contribution is -0.126. The lowest BCUT2D eigenvalue weighted by Crippen LogP contribution is -2.51. The van der Waals surface area contributed by atoms with Crippen LogP contribution in [0.15, 0.2) is 29.2 Å². The minimum atomic E-state index is -3.49. The van der Waals surface area contributed by atoms with Gasteiger partial charge >= 0.3 is 0 Å². The van der Waals surface area contributed by atoms with E-state index in [2.05, 4.69) is 5.32 Å². The first-order valence-electron chi connectivity index (χ1n) is 9.35. The first kappa shape index (κ1) is 20.9. The summed E-state index contributed by atoms with van der Waals surface area (Å²) in [7, 11) is -3.49.